The van der Waals surface area contributed by atoms with E-state index in [4.69, 9.17) is 9.84 Å². The molecule has 0 saturated heterocycles. The average Bonchev–Trinajstić information content (AvgIpc) is 2.61. The van der Waals surface area contributed by atoms with E-state index in [9.17, 15) is 5.11 Å². The molecule has 0 aromatic carbocycles. The summed E-state index contributed by atoms with van der Waals surface area (Å²) in [5.41, 5.74) is 0. The summed E-state index contributed by atoms with van der Waals surface area (Å²) in [5.74, 6) is 0. The van der Waals surface area contributed by atoms with E-state index in [0.29, 0.717) is 19.1 Å². The standard InChI is InChI=1S/C21H43O3/c1-3-5-6-7-8-9-10-11-12-13-14-15-16-17-18-24-21(4-2)20(23)19-22/h20,22-23H,3-19H2,1-2H3. The number of hydrogen-bond donors (Lipinski definition) is 2. The Morgan fingerprint density at radius 2 is 1.12 bits per heavy atom. The van der Waals surface area contributed by atoms with Crippen LogP contribution in [0.4, 0.5) is 0 Å². The molecule has 0 aliphatic carbocycles. The largest absolute Gasteiger partial charge is 0.394 e. The predicted octanol–water partition coefficient (Wildman–Crippen LogP) is 5.78. The van der Waals surface area contributed by atoms with E-state index in [1.54, 1.807) is 0 Å². The highest BCUT2D eigenvalue weighted by molar-refractivity contribution is 4.85. The summed E-state index contributed by atoms with van der Waals surface area (Å²) in [5, 5.41) is 18.4. The third-order valence-corrected chi connectivity index (χ3v) is 4.68. The summed E-state index contributed by atoms with van der Waals surface area (Å²) >= 11 is 0. The number of hydrogen-bond acceptors (Lipinski definition) is 3. The van der Waals surface area contributed by atoms with Crippen LogP contribution in [-0.4, -0.2) is 29.5 Å². The molecule has 0 saturated carbocycles. The maximum atomic E-state index is 9.52. The van der Waals surface area contributed by atoms with Crippen molar-refractivity contribution >= 4 is 0 Å². The van der Waals surface area contributed by atoms with Crippen LogP contribution in [0.5, 0.6) is 0 Å². The summed E-state index contributed by atoms with van der Waals surface area (Å²) < 4.78 is 5.56. The highest BCUT2D eigenvalue weighted by Gasteiger charge is 2.17. The topological polar surface area (TPSA) is 49.7 Å². The highest BCUT2D eigenvalue weighted by Crippen LogP contribution is 2.15. The van der Waals surface area contributed by atoms with Crippen molar-refractivity contribution in [3.63, 3.8) is 0 Å². The van der Waals surface area contributed by atoms with Gasteiger partial charge in [-0.1, -0.05) is 97.3 Å². The van der Waals surface area contributed by atoms with Gasteiger partial charge >= 0.3 is 0 Å². The second-order valence-corrected chi connectivity index (χ2v) is 6.96. The van der Waals surface area contributed by atoms with Gasteiger partial charge in [-0.15, -0.1) is 0 Å². The zero-order valence-electron chi connectivity index (χ0n) is 16.4. The highest BCUT2D eigenvalue weighted by atomic mass is 16.5. The summed E-state index contributed by atoms with van der Waals surface area (Å²) in [6.45, 7) is 4.63. The molecule has 24 heavy (non-hydrogen) atoms. The summed E-state index contributed by atoms with van der Waals surface area (Å²) in [6, 6.07) is 0. The Hall–Kier alpha value is -0.120. The van der Waals surface area contributed by atoms with Gasteiger partial charge < -0.3 is 14.9 Å². The first-order valence-corrected chi connectivity index (χ1v) is 10.5. The summed E-state index contributed by atoms with van der Waals surface area (Å²) in [4.78, 5) is 0. The fourth-order valence-corrected chi connectivity index (χ4v) is 3.04. The molecule has 0 heterocycles. The minimum Gasteiger partial charge on any atom is -0.394 e. The molecule has 0 spiro atoms. The van der Waals surface area contributed by atoms with Gasteiger partial charge in [0, 0.05) is 6.61 Å². The molecule has 1 radical (unpaired) electrons. The Morgan fingerprint density at radius 3 is 1.50 bits per heavy atom. The van der Waals surface area contributed by atoms with E-state index in [-0.39, 0.29) is 6.61 Å². The first-order valence-electron chi connectivity index (χ1n) is 10.5. The van der Waals surface area contributed by atoms with Crippen LogP contribution in [0.25, 0.3) is 0 Å². The SMILES string of the molecule is CCCCCCCCCCCCCCCCO[C](CC)C(O)CO. The summed E-state index contributed by atoms with van der Waals surface area (Å²) in [7, 11) is 0. The molecular weight excluding hydrogens is 300 g/mol. The van der Waals surface area contributed by atoms with Crippen LogP contribution < -0.4 is 0 Å². The molecule has 3 heteroatoms. The number of aliphatic hydroxyl groups excluding tert-OH is 2. The van der Waals surface area contributed by atoms with Crippen LogP contribution in [0, 0.1) is 6.10 Å². The lowest BCUT2D eigenvalue weighted by molar-refractivity contribution is 0.00677. The van der Waals surface area contributed by atoms with E-state index < -0.39 is 6.10 Å². The van der Waals surface area contributed by atoms with Crippen molar-refractivity contribution in [1.29, 1.82) is 0 Å². The van der Waals surface area contributed by atoms with Crippen molar-refractivity contribution in [3.8, 4) is 0 Å². The van der Waals surface area contributed by atoms with Crippen LogP contribution >= 0.6 is 0 Å². The molecular formula is C21H43O3. The minimum absolute atomic E-state index is 0.248. The number of rotatable bonds is 19. The van der Waals surface area contributed by atoms with Gasteiger partial charge in [0.05, 0.1) is 6.61 Å². The predicted molar refractivity (Wildman–Crippen MR) is 103 cm³/mol. The van der Waals surface area contributed by atoms with Gasteiger partial charge in [-0.25, -0.2) is 0 Å². The van der Waals surface area contributed by atoms with Gasteiger partial charge in [-0.3, -0.25) is 0 Å². The quantitative estimate of drug-likeness (QED) is 0.292. The average molecular weight is 344 g/mol. The Bertz CT molecular complexity index is 233. The van der Waals surface area contributed by atoms with E-state index >= 15 is 0 Å². The first-order chi connectivity index (χ1) is 11.8. The molecule has 1 atom stereocenters. The van der Waals surface area contributed by atoms with Crippen LogP contribution in [0.3, 0.4) is 0 Å². The number of aliphatic hydroxyl groups is 2. The molecule has 0 amide bonds. The lowest BCUT2D eigenvalue weighted by Crippen LogP contribution is -2.24. The number of ether oxygens (including phenoxy) is 1. The van der Waals surface area contributed by atoms with Crippen molar-refractivity contribution in [2.45, 2.75) is 116 Å². The third kappa shape index (κ3) is 15.4. The molecule has 0 bridgehead atoms. The van der Waals surface area contributed by atoms with E-state index in [0.717, 1.165) is 6.42 Å². The monoisotopic (exact) mass is 343 g/mol. The van der Waals surface area contributed by atoms with Crippen LogP contribution in [0.2, 0.25) is 0 Å². The van der Waals surface area contributed by atoms with Crippen LogP contribution in [0.15, 0.2) is 0 Å². The van der Waals surface area contributed by atoms with Gasteiger partial charge in [0.2, 0.25) is 0 Å². The minimum atomic E-state index is -0.818. The molecule has 0 aliphatic rings. The zero-order chi connectivity index (χ0) is 17.9. The number of unbranched alkanes of at least 4 members (excludes halogenated alkanes) is 13. The Labute approximate surface area is 151 Å². The zero-order valence-corrected chi connectivity index (χ0v) is 16.4. The van der Waals surface area contributed by atoms with Gasteiger partial charge in [0.25, 0.3) is 0 Å². The Kier molecular flexibility index (Phi) is 19.1. The Balaban J connectivity index is 3.17. The molecule has 0 aliphatic heterocycles. The van der Waals surface area contributed by atoms with Crippen molar-refractivity contribution in [1.82, 2.24) is 0 Å². The van der Waals surface area contributed by atoms with Crippen molar-refractivity contribution in [2.24, 2.45) is 0 Å². The van der Waals surface area contributed by atoms with E-state index in [2.05, 4.69) is 6.92 Å². The van der Waals surface area contributed by atoms with Crippen molar-refractivity contribution in [3.05, 3.63) is 6.10 Å². The molecule has 1 unspecified atom stereocenters. The van der Waals surface area contributed by atoms with Crippen molar-refractivity contribution < 1.29 is 14.9 Å². The molecule has 0 fully saturated rings. The van der Waals surface area contributed by atoms with Crippen molar-refractivity contribution in [2.75, 3.05) is 13.2 Å². The van der Waals surface area contributed by atoms with E-state index in [1.165, 1.54) is 83.5 Å². The second-order valence-electron chi connectivity index (χ2n) is 6.96. The van der Waals surface area contributed by atoms with Crippen LogP contribution in [0.1, 0.15) is 110 Å². The molecule has 2 N–H and O–H groups in total. The lowest BCUT2D eigenvalue weighted by Gasteiger charge is -2.18. The smallest absolute Gasteiger partial charge is 0.127 e. The van der Waals surface area contributed by atoms with E-state index in [1.807, 2.05) is 6.92 Å². The van der Waals surface area contributed by atoms with Crippen LogP contribution in [-0.2, 0) is 4.74 Å². The second kappa shape index (κ2) is 19.2. The fourth-order valence-electron chi connectivity index (χ4n) is 3.04. The van der Waals surface area contributed by atoms with Gasteiger partial charge in [0.1, 0.15) is 12.2 Å². The van der Waals surface area contributed by atoms with Gasteiger partial charge in [-0.05, 0) is 12.8 Å². The molecule has 145 valence electrons. The molecule has 0 aromatic rings. The summed E-state index contributed by atoms with van der Waals surface area (Å²) in [6.07, 6.45) is 19.4. The maximum absolute atomic E-state index is 9.52. The first kappa shape index (κ1) is 23.9. The fraction of sp³-hybridized carbons (Fsp3) is 0.952. The van der Waals surface area contributed by atoms with Gasteiger partial charge in [-0.2, -0.15) is 0 Å². The normalized spacial score (nSPS) is 12.9. The maximum Gasteiger partial charge on any atom is 0.127 e. The lowest BCUT2D eigenvalue weighted by atomic mass is 10.0. The molecule has 0 aromatic heterocycles. The third-order valence-electron chi connectivity index (χ3n) is 4.68. The van der Waals surface area contributed by atoms with Gasteiger partial charge in [0.15, 0.2) is 0 Å². The molecule has 3 nitrogen and oxygen atoms in total. The molecule has 0 rings (SSSR count). The Morgan fingerprint density at radius 1 is 0.708 bits per heavy atom.